The summed E-state index contributed by atoms with van der Waals surface area (Å²) in [6.07, 6.45) is 5.73. The van der Waals surface area contributed by atoms with Gasteiger partial charge in [0.1, 0.15) is 5.82 Å². The van der Waals surface area contributed by atoms with E-state index in [4.69, 9.17) is 0 Å². The number of pyridine rings is 2. The van der Waals surface area contributed by atoms with Gasteiger partial charge < -0.3 is 20.9 Å². The van der Waals surface area contributed by atoms with Gasteiger partial charge in [0, 0.05) is 47.6 Å². The van der Waals surface area contributed by atoms with E-state index in [0.29, 0.717) is 34.9 Å². The smallest absolute Gasteiger partial charge is 0.255 e. The maximum Gasteiger partial charge on any atom is 0.255 e. The molecule has 0 bridgehead atoms. The van der Waals surface area contributed by atoms with Crippen molar-refractivity contribution < 1.29 is 9.59 Å². The van der Waals surface area contributed by atoms with Gasteiger partial charge in [0.05, 0.1) is 0 Å². The fourth-order valence-electron chi connectivity index (χ4n) is 3.31. The van der Waals surface area contributed by atoms with Crippen molar-refractivity contribution in [3.8, 4) is 0 Å². The first-order chi connectivity index (χ1) is 16.1. The molecule has 1 aromatic carbocycles. The number of carbonyl (C=O) groups is 2. The van der Waals surface area contributed by atoms with E-state index in [0.717, 1.165) is 26.1 Å². The van der Waals surface area contributed by atoms with Crippen molar-refractivity contribution in [3.05, 3.63) is 78.2 Å². The Morgan fingerprint density at radius 3 is 2.39 bits per heavy atom. The molecule has 2 amide bonds. The Morgan fingerprint density at radius 1 is 0.879 bits per heavy atom. The summed E-state index contributed by atoms with van der Waals surface area (Å²) in [5.41, 5.74) is 2.40. The Hall–Kier alpha value is -3.78. The third-order valence-corrected chi connectivity index (χ3v) is 5.19. The summed E-state index contributed by atoms with van der Waals surface area (Å²) in [7, 11) is 0. The second kappa shape index (κ2) is 12.3. The first-order valence-corrected chi connectivity index (χ1v) is 11.1. The number of benzene rings is 1. The maximum absolute atomic E-state index is 12.5. The summed E-state index contributed by atoms with van der Waals surface area (Å²) in [6.45, 7) is 7.87. The molecule has 0 radical (unpaired) electrons. The molecule has 8 heteroatoms. The van der Waals surface area contributed by atoms with Crippen LogP contribution in [0.25, 0.3) is 0 Å². The van der Waals surface area contributed by atoms with E-state index < -0.39 is 0 Å². The molecular formula is C25H30N6O2. The number of anilines is 3. The zero-order valence-corrected chi connectivity index (χ0v) is 19.0. The maximum atomic E-state index is 12.5. The van der Waals surface area contributed by atoms with Crippen molar-refractivity contribution in [2.24, 2.45) is 0 Å². The first kappa shape index (κ1) is 23.9. The van der Waals surface area contributed by atoms with Crippen LogP contribution in [0, 0.1) is 0 Å². The van der Waals surface area contributed by atoms with Crippen LogP contribution < -0.4 is 16.0 Å². The molecule has 0 aliphatic carbocycles. The Bertz CT molecular complexity index is 1050. The lowest BCUT2D eigenvalue weighted by Gasteiger charge is -2.17. The second-order valence-electron chi connectivity index (χ2n) is 7.46. The normalized spacial score (nSPS) is 10.6. The lowest BCUT2D eigenvalue weighted by molar-refractivity contribution is 0.0951. The summed E-state index contributed by atoms with van der Waals surface area (Å²) in [4.78, 5) is 35.6. The number of amides is 2. The minimum atomic E-state index is -0.226. The number of carbonyl (C=O) groups excluding carboxylic acids is 2. The molecule has 8 nitrogen and oxygen atoms in total. The van der Waals surface area contributed by atoms with Crippen LogP contribution in [0.3, 0.4) is 0 Å². The molecule has 172 valence electrons. The molecule has 0 saturated carbocycles. The first-order valence-electron chi connectivity index (χ1n) is 11.1. The highest BCUT2D eigenvalue weighted by atomic mass is 16.2. The predicted molar refractivity (Wildman–Crippen MR) is 131 cm³/mol. The molecule has 0 unspecified atom stereocenters. The van der Waals surface area contributed by atoms with Gasteiger partial charge in [0.25, 0.3) is 11.8 Å². The lowest BCUT2D eigenvalue weighted by atomic mass is 10.1. The van der Waals surface area contributed by atoms with Crippen LogP contribution in [0.15, 0.2) is 67.1 Å². The van der Waals surface area contributed by atoms with Crippen LogP contribution >= 0.6 is 0 Å². The molecule has 3 rings (SSSR count). The molecule has 3 aromatic rings. The number of aromatic nitrogens is 2. The average molecular weight is 447 g/mol. The Balaban J connectivity index is 1.58. The molecule has 0 spiro atoms. The highest BCUT2D eigenvalue weighted by Crippen LogP contribution is 2.18. The summed E-state index contributed by atoms with van der Waals surface area (Å²) in [5, 5.41) is 8.96. The van der Waals surface area contributed by atoms with E-state index in [1.54, 1.807) is 61.1 Å². The molecule has 0 aliphatic rings. The number of hydrogen-bond donors (Lipinski definition) is 3. The van der Waals surface area contributed by atoms with Gasteiger partial charge in [-0.25, -0.2) is 4.98 Å². The van der Waals surface area contributed by atoms with Crippen molar-refractivity contribution in [1.29, 1.82) is 0 Å². The monoisotopic (exact) mass is 446 g/mol. The van der Waals surface area contributed by atoms with Crippen LogP contribution in [-0.4, -0.2) is 52.9 Å². The quantitative estimate of drug-likeness (QED) is 0.386. The summed E-state index contributed by atoms with van der Waals surface area (Å²) in [5.74, 6) is 0.165. The van der Waals surface area contributed by atoms with Crippen molar-refractivity contribution in [1.82, 2.24) is 20.2 Å². The highest BCUT2D eigenvalue weighted by molar-refractivity contribution is 6.04. The predicted octanol–water partition coefficient (Wildman–Crippen LogP) is 3.93. The van der Waals surface area contributed by atoms with Crippen LogP contribution in [0.5, 0.6) is 0 Å². The Kier molecular flexibility index (Phi) is 8.90. The third-order valence-electron chi connectivity index (χ3n) is 5.19. The lowest BCUT2D eigenvalue weighted by Crippen LogP contribution is -2.29. The number of nitrogens with one attached hydrogen (secondary N) is 3. The van der Waals surface area contributed by atoms with Crippen molar-refractivity contribution in [3.63, 3.8) is 0 Å². The number of hydrogen-bond acceptors (Lipinski definition) is 6. The minimum Gasteiger partial charge on any atom is -0.352 e. The van der Waals surface area contributed by atoms with E-state index in [1.165, 1.54) is 0 Å². The zero-order valence-electron chi connectivity index (χ0n) is 19.0. The van der Waals surface area contributed by atoms with Gasteiger partial charge in [-0.1, -0.05) is 19.9 Å². The van der Waals surface area contributed by atoms with E-state index >= 15 is 0 Å². The van der Waals surface area contributed by atoms with Crippen molar-refractivity contribution >= 4 is 29.0 Å². The standard InChI is InChI=1S/C25H30N6O2/c1-3-31(4-2)16-6-12-28-24(32)20-9-15-27-23(18-20)29-22-8-5-7-19(17-22)25(33)30-21-10-13-26-14-11-21/h5,7-11,13-15,17-18H,3-4,6,12,16H2,1-2H3,(H,27,29)(H,28,32)(H,26,30,33). The molecule has 0 saturated heterocycles. The van der Waals surface area contributed by atoms with Gasteiger partial charge in [-0.2, -0.15) is 0 Å². The van der Waals surface area contributed by atoms with Crippen LogP contribution in [0.2, 0.25) is 0 Å². The third kappa shape index (κ3) is 7.40. The van der Waals surface area contributed by atoms with Gasteiger partial charge in [0.15, 0.2) is 0 Å². The van der Waals surface area contributed by atoms with Crippen LogP contribution in [0.1, 0.15) is 41.0 Å². The Labute approximate surface area is 194 Å². The van der Waals surface area contributed by atoms with Gasteiger partial charge in [-0.15, -0.1) is 0 Å². The number of nitrogens with zero attached hydrogens (tertiary/aromatic N) is 3. The van der Waals surface area contributed by atoms with Crippen LogP contribution in [-0.2, 0) is 0 Å². The summed E-state index contributed by atoms with van der Waals surface area (Å²) < 4.78 is 0. The van der Waals surface area contributed by atoms with Crippen molar-refractivity contribution in [2.45, 2.75) is 20.3 Å². The summed E-state index contributed by atoms with van der Waals surface area (Å²) >= 11 is 0. The molecule has 3 N–H and O–H groups in total. The topological polar surface area (TPSA) is 99.3 Å². The SMILES string of the molecule is CCN(CC)CCCNC(=O)c1ccnc(Nc2cccc(C(=O)Nc3ccncc3)c2)c1. The van der Waals surface area contributed by atoms with Gasteiger partial charge >= 0.3 is 0 Å². The Morgan fingerprint density at radius 2 is 1.64 bits per heavy atom. The van der Waals surface area contributed by atoms with Gasteiger partial charge in [-0.05, 0) is 68.5 Å². The fourth-order valence-corrected chi connectivity index (χ4v) is 3.31. The van der Waals surface area contributed by atoms with E-state index in [1.807, 2.05) is 6.07 Å². The van der Waals surface area contributed by atoms with Gasteiger partial charge in [-0.3, -0.25) is 14.6 Å². The van der Waals surface area contributed by atoms with Crippen molar-refractivity contribution in [2.75, 3.05) is 36.8 Å². The fraction of sp³-hybridized carbons (Fsp3) is 0.280. The summed E-state index contributed by atoms with van der Waals surface area (Å²) in [6, 6.07) is 13.9. The zero-order chi connectivity index (χ0) is 23.5. The molecule has 2 aromatic heterocycles. The highest BCUT2D eigenvalue weighted by Gasteiger charge is 2.10. The molecule has 0 atom stereocenters. The van der Waals surface area contributed by atoms with E-state index in [9.17, 15) is 9.59 Å². The molecule has 2 heterocycles. The minimum absolute atomic E-state index is 0.134. The largest absolute Gasteiger partial charge is 0.352 e. The molecular weight excluding hydrogens is 416 g/mol. The van der Waals surface area contributed by atoms with Crippen LogP contribution in [0.4, 0.5) is 17.2 Å². The molecule has 0 fully saturated rings. The van der Waals surface area contributed by atoms with E-state index in [-0.39, 0.29) is 11.8 Å². The number of rotatable bonds is 11. The van der Waals surface area contributed by atoms with E-state index in [2.05, 4.69) is 44.7 Å². The van der Waals surface area contributed by atoms with Gasteiger partial charge in [0.2, 0.25) is 0 Å². The second-order valence-corrected chi connectivity index (χ2v) is 7.46. The molecule has 0 aliphatic heterocycles. The molecule has 33 heavy (non-hydrogen) atoms. The average Bonchev–Trinajstić information content (AvgIpc) is 2.85.